The van der Waals surface area contributed by atoms with E-state index < -0.39 is 0 Å². The molecule has 19 heavy (non-hydrogen) atoms. The van der Waals surface area contributed by atoms with Gasteiger partial charge < -0.3 is 4.90 Å². The largest absolute Gasteiger partial charge is 0.352 e. The van der Waals surface area contributed by atoms with E-state index in [-0.39, 0.29) is 0 Å². The lowest BCUT2D eigenvalue weighted by atomic mass is 10.1. The number of aromatic nitrogens is 1. The fraction of sp³-hybridized carbons (Fsp3) is 0.625. The van der Waals surface area contributed by atoms with Gasteiger partial charge in [0.2, 0.25) is 0 Å². The van der Waals surface area contributed by atoms with Crippen molar-refractivity contribution >= 4 is 5.82 Å². The topological polar surface area (TPSA) is 39.9 Å². The summed E-state index contributed by atoms with van der Waals surface area (Å²) in [5, 5.41) is 9.30. The van der Waals surface area contributed by atoms with Crippen LogP contribution in [0.1, 0.15) is 51.8 Å². The van der Waals surface area contributed by atoms with Gasteiger partial charge in [0.05, 0.1) is 5.56 Å². The van der Waals surface area contributed by atoms with Crippen LogP contribution in [0.25, 0.3) is 0 Å². The van der Waals surface area contributed by atoms with Crippen molar-refractivity contribution in [3.05, 3.63) is 23.4 Å². The number of pyridine rings is 1. The van der Waals surface area contributed by atoms with Gasteiger partial charge in [0.1, 0.15) is 11.9 Å². The normalized spacial score (nSPS) is 10.8. The molecule has 0 amide bonds. The first-order chi connectivity index (χ1) is 9.03. The van der Waals surface area contributed by atoms with Crippen LogP contribution >= 0.6 is 0 Å². The zero-order valence-electron chi connectivity index (χ0n) is 12.8. The second-order valence-electron chi connectivity index (χ2n) is 5.45. The van der Waals surface area contributed by atoms with Crippen molar-refractivity contribution in [2.75, 3.05) is 11.4 Å². The van der Waals surface area contributed by atoms with Gasteiger partial charge in [-0.1, -0.05) is 27.7 Å². The molecule has 0 unspecified atom stereocenters. The van der Waals surface area contributed by atoms with E-state index in [1.807, 2.05) is 19.1 Å². The number of aryl methyl sites for hydroxylation is 1. The van der Waals surface area contributed by atoms with Crippen LogP contribution in [-0.4, -0.2) is 17.6 Å². The molecule has 1 rings (SSSR count). The Kier molecular flexibility index (Phi) is 5.82. The molecule has 0 fully saturated rings. The number of nitriles is 1. The maximum atomic E-state index is 9.30. The zero-order valence-corrected chi connectivity index (χ0v) is 12.8. The summed E-state index contributed by atoms with van der Waals surface area (Å²) in [5.74, 6) is 1.40. The van der Waals surface area contributed by atoms with Crippen LogP contribution < -0.4 is 4.90 Å². The Balaban J connectivity index is 3.23. The molecule has 0 radical (unpaired) electrons. The van der Waals surface area contributed by atoms with E-state index >= 15 is 0 Å². The maximum absolute atomic E-state index is 9.30. The van der Waals surface area contributed by atoms with Crippen molar-refractivity contribution in [1.82, 2.24) is 4.98 Å². The third kappa shape index (κ3) is 3.96. The molecule has 0 atom stereocenters. The van der Waals surface area contributed by atoms with Crippen LogP contribution in [-0.2, 0) is 0 Å². The minimum atomic E-state index is 0.448. The van der Waals surface area contributed by atoms with Gasteiger partial charge in [-0.3, -0.25) is 0 Å². The van der Waals surface area contributed by atoms with E-state index in [1.54, 1.807) is 0 Å². The van der Waals surface area contributed by atoms with Crippen LogP contribution in [0.2, 0.25) is 0 Å². The highest BCUT2D eigenvalue weighted by Gasteiger charge is 2.21. The van der Waals surface area contributed by atoms with Crippen molar-refractivity contribution in [3.63, 3.8) is 0 Å². The Labute approximate surface area is 117 Å². The summed E-state index contributed by atoms with van der Waals surface area (Å²) in [6.45, 7) is 11.7. The molecule has 3 nitrogen and oxygen atoms in total. The van der Waals surface area contributed by atoms with Gasteiger partial charge in [0, 0.05) is 18.3 Å². The van der Waals surface area contributed by atoms with Gasteiger partial charge in [-0.05, 0) is 37.8 Å². The van der Waals surface area contributed by atoms with Crippen molar-refractivity contribution in [2.24, 2.45) is 5.92 Å². The Hall–Kier alpha value is -1.56. The van der Waals surface area contributed by atoms with Gasteiger partial charge in [0.15, 0.2) is 0 Å². The lowest BCUT2D eigenvalue weighted by molar-refractivity contribution is 0.503. The average Bonchev–Trinajstić information content (AvgIpc) is 2.38. The third-order valence-electron chi connectivity index (χ3n) is 3.35. The molecule has 104 valence electrons. The zero-order chi connectivity index (χ0) is 14.4. The lowest BCUT2D eigenvalue weighted by Crippen LogP contribution is -2.38. The third-order valence-corrected chi connectivity index (χ3v) is 3.35. The van der Waals surface area contributed by atoms with Crippen LogP contribution in [0.4, 0.5) is 5.82 Å². The molecule has 0 N–H and O–H groups in total. The lowest BCUT2D eigenvalue weighted by Gasteiger charge is -2.33. The van der Waals surface area contributed by atoms with Gasteiger partial charge in [-0.25, -0.2) is 4.98 Å². The Morgan fingerprint density at radius 2 is 1.89 bits per heavy atom. The van der Waals surface area contributed by atoms with E-state index in [4.69, 9.17) is 0 Å². The predicted molar refractivity (Wildman–Crippen MR) is 80.2 cm³/mol. The minimum absolute atomic E-state index is 0.448. The fourth-order valence-electron chi connectivity index (χ4n) is 2.38. The summed E-state index contributed by atoms with van der Waals surface area (Å²) >= 11 is 0. The number of hydrogen-bond donors (Lipinski definition) is 0. The van der Waals surface area contributed by atoms with E-state index in [1.165, 1.54) is 0 Å². The summed E-state index contributed by atoms with van der Waals surface area (Å²) in [4.78, 5) is 6.93. The summed E-state index contributed by atoms with van der Waals surface area (Å²) in [7, 11) is 0. The molecule has 1 heterocycles. The van der Waals surface area contributed by atoms with E-state index in [9.17, 15) is 5.26 Å². The minimum Gasteiger partial charge on any atom is -0.352 e. The summed E-state index contributed by atoms with van der Waals surface area (Å²) in [6.07, 6.45) is 2.15. The molecule has 0 bridgehead atoms. The first-order valence-corrected chi connectivity index (χ1v) is 7.17. The first kappa shape index (κ1) is 15.5. The molecule has 0 spiro atoms. The molecule has 0 saturated carbocycles. The summed E-state index contributed by atoms with van der Waals surface area (Å²) in [5.41, 5.74) is 1.65. The SMILES string of the molecule is CCC(CC)N(CC(C)C)c1nc(C)ccc1C#N. The molecule has 1 aromatic heterocycles. The second kappa shape index (κ2) is 7.13. The van der Waals surface area contributed by atoms with Crippen LogP contribution in [0, 0.1) is 24.2 Å². The van der Waals surface area contributed by atoms with Crippen LogP contribution in [0.3, 0.4) is 0 Å². The van der Waals surface area contributed by atoms with E-state index in [0.29, 0.717) is 17.5 Å². The highest BCUT2D eigenvalue weighted by molar-refractivity contribution is 5.55. The Bertz CT molecular complexity index is 442. The molecule has 0 aliphatic carbocycles. The second-order valence-corrected chi connectivity index (χ2v) is 5.45. The van der Waals surface area contributed by atoms with Gasteiger partial charge in [-0.15, -0.1) is 0 Å². The smallest absolute Gasteiger partial charge is 0.147 e. The highest BCUT2D eigenvalue weighted by Crippen LogP contribution is 2.24. The fourth-order valence-corrected chi connectivity index (χ4v) is 2.38. The van der Waals surface area contributed by atoms with Crippen molar-refractivity contribution in [3.8, 4) is 6.07 Å². The molecular formula is C16H25N3. The molecular weight excluding hydrogens is 234 g/mol. The van der Waals surface area contributed by atoms with Gasteiger partial charge >= 0.3 is 0 Å². The average molecular weight is 259 g/mol. The molecule has 0 aromatic carbocycles. The Morgan fingerprint density at radius 1 is 1.26 bits per heavy atom. The molecule has 1 aromatic rings. The van der Waals surface area contributed by atoms with Crippen LogP contribution in [0.15, 0.2) is 12.1 Å². The Morgan fingerprint density at radius 3 is 2.37 bits per heavy atom. The van der Waals surface area contributed by atoms with Crippen molar-refractivity contribution in [1.29, 1.82) is 5.26 Å². The van der Waals surface area contributed by atoms with E-state index in [2.05, 4.69) is 43.6 Å². The maximum Gasteiger partial charge on any atom is 0.147 e. The quantitative estimate of drug-likeness (QED) is 0.777. The van der Waals surface area contributed by atoms with Crippen molar-refractivity contribution < 1.29 is 0 Å². The molecule has 0 aliphatic heterocycles. The predicted octanol–water partition coefficient (Wildman–Crippen LogP) is 3.91. The van der Waals surface area contributed by atoms with Gasteiger partial charge in [-0.2, -0.15) is 5.26 Å². The highest BCUT2D eigenvalue weighted by atomic mass is 15.2. The number of rotatable bonds is 6. The van der Waals surface area contributed by atoms with Crippen molar-refractivity contribution in [2.45, 2.75) is 53.5 Å². The number of hydrogen-bond acceptors (Lipinski definition) is 3. The van der Waals surface area contributed by atoms with E-state index in [0.717, 1.165) is 30.9 Å². The molecule has 0 aliphatic rings. The monoisotopic (exact) mass is 259 g/mol. The first-order valence-electron chi connectivity index (χ1n) is 7.17. The molecule has 0 saturated heterocycles. The standard InChI is InChI=1S/C16H25N3/c1-6-15(7-2)19(11-12(3)4)16-14(10-17)9-8-13(5)18-16/h8-9,12,15H,6-7,11H2,1-5H3. The number of anilines is 1. The molecule has 3 heteroatoms. The summed E-state index contributed by atoms with van der Waals surface area (Å²) in [6, 6.07) is 6.51. The summed E-state index contributed by atoms with van der Waals surface area (Å²) < 4.78 is 0. The van der Waals surface area contributed by atoms with Crippen LogP contribution in [0.5, 0.6) is 0 Å². The number of nitrogens with zero attached hydrogens (tertiary/aromatic N) is 3. The van der Waals surface area contributed by atoms with Gasteiger partial charge in [0.25, 0.3) is 0 Å².